The van der Waals surface area contributed by atoms with E-state index in [-0.39, 0.29) is 24.3 Å². The number of benzene rings is 1. The number of carbonyl (C=O) groups excluding carboxylic acids is 3. The fourth-order valence-corrected chi connectivity index (χ4v) is 2.05. The van der Waals surface area contributed by atoms with E-state index >= 15 is 0 Å². The Hall–Kier alpha value is -2.37. The van der Waals surface area contributed by atoms with Gasteiger partial charge in [0.2, 0.25) is 11.8 Å². The quantitative estimate of drug-likeness (QED) is 0.857. The SMILES string of the molecule is CC(=O)Nc1cccc(C(=O)N2CCN(C)C(=O)C2)c1. The molecule has 1 aliphatic heterocycles. The van der Waals surface area contributed by atoms with E-state index in [1.165, 1.54) is 11.8 Å². The molecule has 1 heterocycles. The average molecular weight is 275 g/mol. The van der Waals surface area contributed by atoms with Crippen LogP contribution in [0.25, 0.3) is 0 Å². The van der Waals surface area contributed by atoms with E-state index in [9.17, 15) is 14.4 Å². The van der Waals surface area contributed by atoms with Crippen molar-refractivity contribution in [3.8, 4) is 0 Å². The summed E-state index contributed by atoms with van der Waals surface area (Å²) in [6.45, 7) is 2.56. The van der Waals surface area contributed by atoms with Gasteiger partial charge in [0.05, 0.1) is 0 Å². The number of hydrogen-bond acceptors (Lipinski definition) is 3. The molecule has 0 saturated carbocycles. The van der Waals surface area contributed by atoms with Crippen LogP contribution in [0.5, 0.6) is 0 Å². The zero-order valence-corrected chi connectivity index (χ0v) is 11.5. The van der Waals surface area contributed by atoms with Crippen LogP contribution < -0.4 is 5.32 Å². The average Bonchev–Trinajstić information content (AvgIpc) is 2.40. The zero-order valence-electron chi connectivity index (χ0n) is 11.5. The molecular formula is C14H17N3O3. The lowest BCUT2D eigenvalue weighted by atomic mass is 10.1. The molecule has 6 nitrogen and oxygen atoms in total. The molecule has 20 heavy (non-hydrogen) atoms. The Morgan fingerprint density at radius 3 is 2.65 bits per heavy atom. The summed E-state index contributed by atoms with van der Waals surface area (Å²) in [6.07, 6.45) is 0. The van der Waals surface area contributed by atoms with Gasteiger partial charge in [-0.3, -0.25) is 14.4 Å². The van der Waals surface area contributed by atoms with Crippen LogP contribution >= 0.6 is 0 Å². The number of nitrogens with one attached hydrogen (secondary N) is 1. The maximum absolute atomic E-state index is 12.3. The van der Waals surface area contributed by atoms with Crippen molar-refractivity contribution in [2.24, 2.45) is 0 Å². The Balaban J connectivity index is 2.13. The van der Waals surface area contributed by atoms with Crippen LogP contribution in [-0.2, 0) is 9.59 Å². The molecule has 1 saturated heterocycles. The Kier molecular flexibility index (Phi) is 4.02. The van der Waals surface area contributed by atoms with E-state index in [1.807, 2.05) is 0 Å². The van der Waals surface area contributed by atoms with Crippen LogP contribution in [0.2, 0.25) is 0 Å². The molecule has 3 amide bonds. The fourth-order valence-electron chi connectivity index (χ4n) is 2.05. The minimum atomic E-state index is -0.196. The maximum atomic E-state index is 12.3. The molecule has 1 aliphatic rings. The van der Waals surface area contributed by atoms with Gasteiger partial charge in [-0.2, -0.15) is 0 Å². The first-order valence-corrected chi connectivity index (χ1v) is 6.38. The summed E-state index contributed by atoms with van der Waals surface area (Å²) in [6, 6.07) is 6.71. The van der Waals surface area contributed by atoms with Crippen molar-refractivity contribution in [2.45, 2.75) is 6.92 Å². The van der Waals surface area contributed by atoms with Gasteiger partial charge in [0.25, 0.3) is 5.91 Å². The highest BCUT2D eigenvalue weighted by molar-refractivity contribution is 5.98. The highest BCUT2D eigenvalue weighted by atomic mass is 16.2. The molecule has 106 valence electrons. The second-order valence-electron chi connectivity index (χ2n) is 4.80. The van der Waals surface area contributed by atoms with E-state index in [0.29, 0.717) is 24.3 Å². The highest BCUT2D eigenvalue weighted by Crippen LogP contribution is 2.14. The molecule has 0 unspecified atom stereocenters. The predicted molar refractivity (Wildman–Crippen MR) is 74.3 cm³/mol. The van der Waals surface area contributed by atoms with Crippen LogP contribution in [0.1, 0.15) is 17.3 Å². The number of carbonyl (C=O) groups is 3. The Labute approximate surface area is 117 Å². The molecule has 0 aromatic heterocycles. The molecule has 1 aromatic rings. The van der Waals surface area contributed by atoms with Gasteiger partial charge in [0, 0.05) is 38.3 Å². The lowest BCUT2D eigenvalue weighted by Crippen LogP contribution is -2.50. The van der Waals surface area contributed by atoms with Crippen molar-refractivity contribution in [2.75, 3.05) is 32.0 Å². The first-order chi connectivity index (χ1) is 9.47. The number of rotatable bonds is 2. The number of amides is 3. The monoisotopic (exact) mass is 275 g/mol. The third-order valence-corrected chi connectivity index (χ3v) is 3.17. The van der Waals surface area contributed by atoms with Gasteiger partial charge in [0.15, 0.2) is 0 Å². The van der Waals surface area contributed by atoms with E-state index < -0.39 is 0 Å². The summed E-state index contributed by atoms with van der Waals surface area (Å²) in [5.41, 5.74) is 1.04. The van der Waals surface area contributed by atoms with Gasteiger partial charge in [-0.05, 0) is 18.2 Å². The van der Waals surface area contributed by atoms with Gasteiger partial charge < -0.3 is 15.1 Å². The molecule has 0 radical (unpaired) electrons. The summed E-state index contributed by atoms with van der Waals surface area (Å²) in [5.74, 6) is -0.453. The molecule has 0 aliphatic carbocycles. The Morgan fingerprint density at radius 1 is 1.25 bits per heavy atom. The number of piperazine rings is 1. The van der Waals surface area contributed by atoms with Crippen molar-refractivity contribution in [3.63, 3.8) is 0 Å². The lowest BCUT2D eigenvalue weighted by molar-refractivity contribution is -0.133. The zero-order chi connectivity index (χ0) is 14.7. The number of nitrogens with zero attached hydrogens (tertiary/aromatic N) is 2. The van der Waals surface area contributed by atoms with Gasteiger partial charge in [-0.15, -0.1) is 0 Å². The first-order valence-electron chi connectivity index (χ1n) is 6.38. The van der Waals surface area contributed by atoms with Gasteiger partial charge in [-0.25, -0.2) is 0 Å². The minimum Gasteiger partial charge on any atom is -0.342 e. The number of hydrogen-bond donors (Lipinski definition) is 1. The van der Waals surface area contributed by atoms with E-state index in [4.69, 9.17) is 0 Å². The molecule has 0 bridgehead atoms. The molecule has 0 atom stereocenters. The number of likely N-dealkylation sites (N-methyl/N-ethyl adjacent to an activating group) is 1. The molecule has 0 spiro atoms. The summed E-state index contributed by atoms with van der Waals surface area (Å²) >= 11 is 0. The molecule has 1 N–H and O–H groups in total. The van der Waals surface area contributed by atoms with Crippen molar-refractivity contribution >= 4 is 23.4 Å². The first kappa shape index (κ1) is 14.0. The van der Waals surface area contributed by atoms with Crippen LogP contribution in [0.4, 0.5) is 5.69 Å². The van der Waals surface area contributed by atoms with Gasteiger partial charge in [-0.1, -0.05) is 6.07 Å². The van der Waals surface area contributed by atoms with E-state index in [0.717, 1.165) is 0 Å². The predicted octanol–water partition coefficient (Wildman–Crippen LogP) is 0.559. The van der Waals surface area contributed by atoms with Gasteiger partial charge >= 0.3 is 0 Å². The van der Waals surface area contributed by atoms with E-state index in [1.54, 1.807) is 36.2 Å². The largest absolute Gasteiger partial charge is 0.342 e. The summed E-state index contributed by atoms with van der Waals surface area (Å²) in [4.78, 5) is 38.1. The van der Waals surface area contributed by atoms with Crippen LogP contribution in [0.15, 0.2) is 24.3 Å². The fraction of sp³-hybridized carbons (Fsp3) is 0.357. The molecule has 6 heteroatoms. The maximum Gasteiger partial charge on any atom is 0.254 e. The van der Waals surface area contributed by atoms with Crippen molar-refractivity contribution < 1.29 is 14.4 Å². The highest BCUT2D eigenvalue weighted by Gasteiger charge is 2.25. The van der Waals surface area contributed by atoms with Crippen LogP contribution in [0, 0.1) is 0 Å². The standard InChI is InChI=1S/C14H17N3O3/c1-10(18)15-12-5-3-4-11(8-12)14(20)17-7-6-16(2)13(19)9-17/h3-5,8H,6-7,9H2,1-2H3,(H,15,18). The van der Waals surface area contributed by atoms with Gasteiger partial charge in [0.1, 0.15) is 6.54 Å². The minimum absolute atomic E-state index is 0.0670. The summed E-state index contributed by atoms with van der Waals surface area (Å²) < 4.78 is 0. The Morgan fingerprint density at radius 2 is 2.00 bits per heavy atom. The topological polar surface area (TPSA) is 69.7 Å². The molecular weight excluding hydrogens is 258 g/mol. The summed E-state index contributed by atoms with van der Waals surface area (Å²) in [5, 5.41) is 2.63. The van der Waals surface area contributed by atoms with E-state index in [2.05, 4.69) is 5.32 Å². The smallest absolute Gasteiger partial charge is 0.254 e. The molecule has 1 aromatic carbocycles. The molecule has 2 rings (SSSR count). The van der Waals surface area contributed by atoms with Crippen molar-refractivity contribution in [1.29, 1.82) is 0 Å². The normalized spacial score (nSPS) is 15.2. The lowest BCUT2D eigenvalue weighted by Gasteiger charge is -2.32. The van der Waals surface area contributed by atoms with Crippen LogP contribution in [-0.4, -0.2) is 54.2 Å². The third-order valence-electron chi connectivity index (χ3n) is 3.17. The molecule has 1 fully saturated rings. The number of anilines is 1. The van der Waals surface area contributed by atoms with Crippen molar-refractivity contribution in [1.82, 2.24) is 9.80 Å². The second-order valence-corrected chi connectivity index (χ2v) is 4.80. The second kappa shape index (κ2) is 5.73. The van der Waals surface area contributed by atoms with Crippen molar-refractivity contribution in [3.05, 3.63) is 29.8 Å². The van der Waals surface area contributed by atoms with Crippen LogP contribution in [0.3, 0.4) is 0 Å². The Bertz CT molecular complexity index is 556. The summed E-state index contributed by atoms with van der Waals surface area (Å²) in [7, 11) is 1.72. The third kappa shape index (κ3) is 3.14.